The molecule has 3 N–H and O–H groups in total. The molecule has 4 nitrogen and oxygen atoms in total. The van der Waals surface area contributed by atoms with Crippen LogP contribution in [0.4, 0.5) is 15.8 Å². The summed E-state index contributed by atoms with van der Waals surface area (Å²) in [4.78, 5) is 11.8. The number of benzene rings is 2. The number of nitrogens with one attached hydrogen (secondary N) is 1. The summed E-state index contributed by atoms with van der Waals surface area (Å²) < 4.78 is 18.6. The highest BCUT2D eigenvalue weighted by atomic mass is 19.1. The summed E-state index contributed by atoms with van der Waals surface area (Å²) in [6.07, 6.45) is 2.91. The second kappa shape index (κ2) is 6.56. The molecule has 0 aromatic heterocycles. The van der Waals surface area contributed by atoms with Gasteiger partial charge in [0.1, 0.15) is 11.6 Å². The Morgan fingerprint density at radius 3 is 2.81 bits per heavy atom. The number of halogens is 1. The van der Waals surface area contributed by atoms with Crippen molar-refractivity contribution in [3.8, 4) is 5.75 Å². The molecule has 0 bridgehead atoms. The Balaban J connectivity index is 2.08. The van der Waals surface area contributed by atoms with E-state index < -0.39 is 11.7 Å². The van der Waals surface area contributed by atoms with Gasteiger partial charge in [0.05, 0.1) is 12.8 Å². The first-order chi connectivity index (χ1) is 10.1. The van der Waals surface area contributed by atoms with Crippen LogP contribution in [-0.2, 0) is 4.79 Å². The maximum atomic E-state index is 13.6. The molecule has 108 valence electrons. The van der Waals surface area contributed by atoms with E-state index in [-0.39, 0.29) is 5.69 Å². The van der Waals surface area contributed by atoms with Crippen LogP contribution in [-0.4, -0.2) is 13.0 Å². The van der Waals surface area contributed by atoms with Gasteiger partial charge in [0.15, 0.2) is 0 Å². The molecule has 0 heterocycles. The lowest BCUT2D eigenvalue weighted by molar-refractivity contribution is -0.111. The maximum absolute atomic E-state index is 13.6. The second-order valence-electron chi connectivity index (χ2n) is 4.34. The van der Waals surface area contributed by atoms with Gasteiger partial charge < -0.3 is 15.8 Å². The van der Waals surface area contributed by atoms with Crippen molar-refractivity contribution in [2.45, 2.75) is 0 Å². The SMILES string of the molecule is COc1ccc(F)c(NC(=O)/C=C/c2cccc(N)c2)c1. The van der Waals surface area contributed by atoms with Crippen molar-refractivity contribution in [1.82, 2.24) is 0 Å². The van der Waals surface area contributed by atoms with Crippen LogP contribution in [0.3, 0.4) is 0 Å². The minimum atomic E-state index is -0.526. The lowest BCUT2D eigenvalue weighted by Gasteiger charge is -2.06. The fourth-order valence-electron chi connectivity index (χ4n) is 1.74. The van der Waals surface area contributed by atoms with Gasteiger partial charge in [-0.15, -0.1) is 0 Å². The smallest absolute Gasteiger partial charge is 0.248 e. The molecule has 0 saturated carbocycles. The molecule has 2 aromatic rings. The molecule has 0 atom stereocenters. The zero-order valence-corrected chi connectivity index (χ0v) is 11.5. The van der Waals surface area contributed by atoms with Gasteiger partial charge in [-0.05, 0) is 35.9 Å². The first kappa shape index (κ1) is 14.6. The Morgan fingerprint density at radius 1 is 1.29 bits per heavy atom. The zero-order chi connectivity index (χ0) is 15.2. The topological polar surface area (TPSA) is 64.3 Å². The third kappa shape index (κ3) is 4.07. The summed E-state index contributed by atoms with van der Waals surface area (Å²) in [7, 11) is 1.47. The molecule has 1 amide bonds. The summed E-state index contributed by atoms with van der Waals surface area (Å²) in [5, 5.41) is 2.46. The number of rotatable bonds is 4. The van der Waals surface area contributed by atoms with Gasteiger partial charge in [-0.3, -0.25) is 4.79 Å². The average molecular weight is 286 g/mol. The van der Waals surface area contributed by atoms with E-state index in [2.05, 4.69) is 5.32 Å². The Kier molecular flexibility index (Phi) is 4.56. The summed E-state index contributed by atoms with van der Waals surface area (Å²) in [6, 6.07) is 11.2. The van der Waals surface area contributed by atoms with Gasteiger partial charge in [-0.25, -0.2) is 4.39 Å². The number of methoxy groups -OCH3 is 1. The summed E-state index contributed by atoms with van der Waals surface area (Å²) in [6.45, 7) is 0. The largest absolute Gasteiger partial charge is 0.497 e. The molecular weight excluding hydrogens is 271 g/mol. The van der Waals surface area contributed by atoms with Gasteiger partial charge in [0, 0.05) is 17.8 Å². The molecule has 0 radical (unpaired) electrons. The average Bonchev–Trinajstić information content (AvgIpc) is 2.47. The predicted octanol–water partition coefficient (Wildman–Crippen LogP) is 3.07. The number of nitrogens with two attached hydrogens (primary N) is 1. The van der Waals surface area contributed by atoms with Crippen LogP contribution >= 0.6 is 0 Å². The van der Waals surface area contributed by atoms with E-state index in [1.54, 1.807) is 24.3 Å². The number of carbonyl (C=O) groups excluding carboxylic acids is 1. The molecule has 21 heavy (non-hydrogen) atoms. The molecule has 5 heteroatoms. The van der Waals surface area contributed by atoms with E-state index in [0.717, 1.165) is 5.56 Å². The number of carbonyl (C=O) groups is 1. The number of hydrogen-bond acceptors (Lipinski definition) is 3. The minimum absolute atomic E-state index is 0.0663. The fourth-order valence-corrected chi connectivity index (χ4v) is 1.74. The normalized spacial score (nSPS) is 10.6. The van der Waals surface area contributed by atoms with Crippen molar-refractivity contribution in [2.75, 3.05) is 18.2 Å². The zero-order valence-electron chi connectivity index (χ0n) is 11.5. The van der Waals surface area contributed by atoms with Crippen LogP contribution in [0.15, 0.2) is 48.5 Å². The standard InChI is InChI=1S/C16H15FN2O2/c1-21-13-6-7-14(17)15(10-13)19-16(20)8-5-11-3-2-4-12(18)9-11/h2-10H,18H2,1H3,(H,19,20)/b8-5+. The quantitative estimate of drug-likeness (QED) is 0.670. The summed E-state index contributed by atoms with van der Waals surface area (Å²) in [5.74, 6) is -0.502. The van der Waals surface area contributed by atoms with Crippen molar-refractivity contribution in [1.29, 1.82) is 0 Å². The van der Waals surface area contributed by atoms with E-state index in [9.17, 15) is 9.18 Å². The highest BCUT2D eigenvalue weighted by molar-refractivity contribution is 6.02. The van der Waals surface area contributed by atoms with Crippen LogP contribution < -0.4 is 15.8 Å². The Labute approximate surface area is 122 Å². The molecule has 0 aliphatic heterocycles. The van der Waals surface area contributed by atoms with Gasteiger partial charge in [-0.1, -0.05) is 12.1 Å². The first-order valence-electron chi connectivity index (χ1n) is 6.26. The van der Waals surface area contributed by atoms with Crippen molar-refractivity contribution < 1.29 is 13.9 Å². The first-order valence-corrected chi connectivity index (χ1v) is 6.26. The lowest BCUT2D eigenvalue weighted by Crippen LogP contribution is -2.09. The fraction of sp³-hybridized carbons (Fsp3) is 0.0625. The Bertz CT molecular complexity index is 684. The summed E-state index contributed by atoms with van der Waals surface area (Å²) >= 11 is 0. The van der Waals surface area contributed by atoms with E-state index in [0.29, 0.717) is 11.4 Å². The highest BCUT2D eigenvalue weighted by Crippen LogP contribution is 2.21. The minimum Gasteiger partial charge on any atom is -0.497 e. The molecule has 0 aliphatic carbocycles. The Hall–Kier alpha value is -2.82. The van der Waals surface area contributed by atoms with Crippen molar-refractivity contribution >= 4 is 23.4 Å². The molecule has 0 fully saturated rings. The van der Waals surface area contributed by atoms with Gasteiger partial charge in [0.2, 0.25) is 5.91 Å². The van der Waals surface area contributed by atoms with Gasteiger partial charge >= 0.3 is 0 Å². The molecule has 2 aromatic carbocycles. The van der Waals surface area contributed by atoms with Crippen molar-refractivity contribution in [2.24, 2.45) is 0 Å². The second-order valence-corrected chi connectivity index (χ2v) is 4.34. The van der Waals surface area contributed by atoms with E-state index in [1.165, 1.54) is 31.4 Å². The molecule has 0 unspecified atom stereocenters. The van der Waals surface area contributed by atoms with Gasteiger partial charge in [0.25, 0.3) is 0 Å². The molecule has 0 spiro atoms. The van der Waals surface area contributed by atoms with Crippen molar-refractivity contribution in [3.63, 3.8) is 0 Å². The monoisotopic (exact) mass is 286 g/mol. The predicted molar refractivity (Wildman–Crippen MR) is 81.5 cm³/mol. The number of anilines is 2. The molecule has 0 aliphatic rings. The third-order valence-electron chi connectivity index (χ3n) is 2.77. The van der Waals surface area contributed by atoms with Crippen molar-refractivity contribution in [3.05, 3.63) is 59.9 Å². The number of hydrogen-bond donors (Lipinski definition) is 2. The van der Waals surface area contributed by atoms with E-state index in [4.69, 9.17) is 10.5 Å². The Morgan fingerprint density at radius 2 is 2.10 bits per heavy atom. The lowest BCUT2D eigenvalue weighted by atomic mass is 10.2. The molecule has 2 rings (SSSR count). The third-order valence-corrected chi connectivity index (χ3v) is 2.77. The number of ether oxygens (including phenoxy) is 1. The summed E-state index contributed by atoms with van der Waals surface area (Å²) in [5.41, 5.74) is 7.10. The number of nitrogen functional groups attached to an aromatic ring is 1. The maximum Gasteiger partial charge on any atom is 0.248 e. The number of amides is 1. The van der Waals surface area contributed by atoms with Crippen LogP contribution in [0.25, 0.3) is 6.08 Å². The molecule has 0 saturated heterocycles. The van der Waals surface area contributed by atoms with Crippen LogP contribution in [0.1, 0.15) is 5.56 Å². The van der Waals surface area contributed by atoms with E-state index in [1.807, 2.05) is 6.07 Å². The van der Waals surface area contributed by atoms with Gasteiger partial charge in [-0.2, -0.15) is 0 Å². The highest BCUT2D eigenvalue weighted by Gasteiger charge is 2.06. The molecular formula is C16H15FN2O2. The van der Waals surface area contributed by atoms with E-state index >= 15 is 0 Å². The van der Waals surface area contributed by atoms with Crippen LogP contribution in [0, 0.1) is 5.82 Å². The van der Waals surface area contributed by atoms with Crippen LogP contribution in [0.5, 0.6) is 5.75 Å². The van der Waals surface area contributed by atoms with Crippen LogP contribution in [0.2, 0.25) is 0 Å².